The molecule has 6 nitrogen and oxygen atoms in total. The summed E-state index contributed by atoms with van der Waals surface area (Å²) in [5.74, 6) is 1.23. The SMILES string of the molecule is CCc1n[nH]c(CN2CCN(C(=O)c3ccc(C)c(F)c3)CC2)n1. The second kappa shape index (κ2) is 7.09. The van der Waals surface area contributed by atoms with Crippen LogP contribution in [0.4, 0.5) is 4.39 Å². The van der Waals surface area contributed by atoms with E-state index in [1.165, 1.54) is 6.07 Å². The van der Waals surface area contributed by atoms with Gasteiger partial charge >= 0.3 is 0 Å². The molecule has 0 bridgehead atoms. The van der Waals surface area contributed by atoms with E-state index in [0.29, 0.717) is 30.8 Å². The van der Waals surface area contributed by atoms with Crippen LogP contribution in [0.25, 0.3) is 0 Å². The number of nitrogens with zero attached hydrogens (tertiary/aromatic N) is 4. The molecule has 2 heterocycles. The third kappa shape index (κ3) is 3.62. The number of aromatic amines is 1. The van der Waals surface area contributed by atoms with Crippen molar-refractivity contribution in [2.45, 2.75) is 26.8 Å². The second-order valence-electron chi connectivity index (χ2n) is 6.08. The third-order valence-electron chi connectivity index (χ3n) is 4.35. The molecule has 0 saturated carbocycles. The standard InChI is InChI=1S/C17H22FN5O/c1-3-15-19-16(21-20-15)11-22-6-8-23(9-7-22)17(24)13-5-4-12(2)14(18)10-13/h4-5,10H,3,6-9,11H2,1-2H3,(H,19,20,21). The smallest absolute Gasteiger partial charge is 0.254 e. The summed E-state index contributed by atoms with van der Waals surface area (Å²) in [6.07, 6.45) is 0.811. The highest BCUT2D eigenvalue weighted by Crippen LogP contribution is 2.14. The van der Waals surface area contributed by atoms with E-state index in [4.69, 9.17) is 0 Å². The molecule has 24 heavy (non-hydrogen) atoms. The molecule has 0 radical (unpaired) electrons. The van der Waals surface area contributed by atoms with Crippen LogP contribution in [0.3, 0.4) is 0 Å². The van der Waals surface area contributed by atoms with Gasteiger partial charge in [-0.05, 0) is 24.6 Å². The fourth-order valence-electron chi connectivity index (χ4n) is 2.79. The highest BCUT2D eigenvalue weighted by Gasteiger charge is 2.23. The zero-order valence-electron chi connectivity index (χ0n) is 14.0. The molecule has 0 atom stereocenters. The lowest BCUT2D eigenvalue weighted by Crippen LogP contribution is -2.48. The average molecular weight is 331 g/mol. The van der Waals surface area contributed by atoms with Gasteiger partial charge in [-0.2, -0.15) is 5.10 Å². The van der Waals surface area contributed by atoms with Gasteiger partial charge in [0.25, 0.3) is 5.91 Å². The zero-order valence-corrected chi connectivity index (χ0v) is 14.0. The van der Waals surface area contributed by atoms with Gasteiger partial charge < -0.3 is 4.90 Å². The fraction of sp³-hybridized carbons (Fsp3) is 0.471. The van der Waals surface area contributed by atoms with E-state index >= 15 is 0 Å². The van der Waals surface area contributed by atoms with Crippen LogP contribution in [0.15, 0.2) is 18.2 Å². The summed E-state index contributed by atoms with van der Waals surface area (Å²) in [7, 11) is 0. The lowest BCUT2D eigenvalue weighted by molar-refractivity contribution is 0.0625. The van der Waals surface area contributed by atoms with Gasteiger partial charge in [-0.15, -0.1) is 0 Å². The first-order valence-corrected chi connectivity index (χ1v) is 8.24. The van der Waals surface area contributed by atoms with Crippen molar-refractivity contribution in [2.75, 3.05) is 26.2 Å². The van der Waals surface area contributed by atoms with E-state index in [1.807, 2.05) is 6.92 Å². The normalized spacial score (nSPS) is 15.7. The first-order chi connectivity index (χ1) is 11.6. The van der Waals surface area contributed by atoms with Crippen LogP contribution in [-0.2, 0) is 13.0 Å². The van der Waals surface area contributed by atoms with Gasteiger partial charge in [-0.25, -0.2) is 9.37 Å². The Bertz CT molecular complexity index is 722. The van der Waals surface area contributed by atoms with E-state index in [0.717, 1.165) is 31.2 Å². The molecule has 1 amide bonds. The molecule has 1 aromatic carbocycles. The lowest BCUT2D eigenvalue weighted by atomic mass is 10.1. The number of benzene rings is 1. The number of aromatic nitrogens is 3. The molecule has 2 aromatic rings. The number of carbonyl (C=O) groups excluding carboxylic acids is 1. The number of H-pyrrole nitrogens is 1. The minimum Gasteiger partial charge on any atom is -0.336 e. The molecule has 0 spiro atoms. The van der Waals surface area contributed by atoms with Crippen molar-refractivity contribution in [1.29, 1.82) is 0 Å². The van der Waals surface area contributed by atoms with E-state index < -0.39 is 0 Å². The highest BCUT2D eigenvalue weighted by atomic mass is 19.1. The Labute approximate surface area is 140 Å². The van der Waals surface area contributed by atoms with Crippen LogP contribution in [0.1, 0.15) is 34.5 Å². The highest BCUT2D eigenvalue weighted by molar-refractivity contribution is 5.94. The molecular weight excluding hydrogens is 309 g/mol. The molecule has 1 aliphatic rings. The van der Waals surface area contributed by atoms with Crippen LogP contribution in [0.2, 0.25) is 0 Å². The minimum atomic E-state index is -0.337. The van der Waals surface area contributed by atoms with Crippen molar-refractivity contribution in [2.24, 2.45) is 0 Å². The van der Waals surface area contributed by atoms with E-state index in [-0.39, 0.29) is 11.7 Å². The van der Waals surface area contributed by atoms with Gasteiger partial charge in [0.15, 0.2) is 0 Å². The topological polar surface area (TPSA) is 65.1 Å². The molecule has 7 heteroatoms. The number of rotatable bonds is 4. The van der Waals surface area contributed by atoms with Crippen LogP contribution in [0.5, 0.6) is 0 Å². The number of carbonyl (C=O) groups is 1. The third-order valence-corrected chi connectivity index (χ3v) is 4.35. The maximum atomic E-state index is 13.6. The van der Waals surface area contributed by atoms with E-state index in [1.54, 1.807) is 24.0 Å². The molecule has 128 valence electrons. The van der Waals surface area contributed by atoms with Gasteiger partial charge in [0.2, 0.25) is 0 Å². The molecular formula is C17H22FN5O. The van der Waals surface area contributed by atoms with Gasteiger partial charge in [0, 0.05) is 38.2 Å². The Balaban J connectivity index is 1.56. The van der Waals surface area contributed by atoms with Crippen molar-refractivity contribution in [3.8, 4) is 0 Å². The first-order valence-electron chi connectivity index (χ1n) is 8.24. The van der Waals surface area contributed by atoms with Crippen LogP contribution < -0.4 is 0 Å². The number of amides is 1. The Morgan fingerprint density at radius 2 is 2.04 bits per heavy atom. The Kier molecular flexibility index (Phi) is 4.89. The van der Waals surface area contributed by atoms with Crippen molar-refractivity contribution < 1.29 is 9.18 Å². The molecule has 1 N–H and O–H groups in total. The van der Waals surface area contributed by atoms with Gasteiger partial charge in [0.1, 0.15) is 17.5 Å². The first kappa shape index (κ1) is 16.6. The van der Waals surface area contributed by atoms with Crippen LogP contribution >= 0.6 is 0 Å². The zero-order chi connectivity index (χ0) is 17.1. The molecule has 3 rings (SSSR count). The molecule has 1 saturated heterocycles. The molecule has 0 unspecified atom stereocenters. The second-order valence-corrected chi connectivity index (χ2v) is 6.08. The number of nitrogens with one attached hydrogen (secondary N) is 1. The van der Waals surface area contributed by atoms with Gasteiger partial charge in [-0.1, -0.05) is 13.0 Å². The summed E-state index contributed by atoms with van der Waals surface area (Å²) in [4.78, 5) is 20.9. The summed E-state index contributed by atoms with van der Waals surface area (Å²) in [5, 5.41) is 7.09. The van der Waals surface area contributed by atoms with Gasteiger partial charge in [0.05, 0.1) is 6.54 Å². The van der Waals surface area contributed by atoms with E-state index in [9.17, 15) is 9.18 Å². The Morgan fingerprint density at radius 3 is 2.67 bits per heavy atom. The quantitative estimate of drug-likeness (QED) is 0.927. The van der Waals surface area contributed by atoms with Crippen molar-refractivity contribution in [1.82, 2.24) is 25.0 Å². The largest absolute Gasteiger partial charge is 0.336 e. The van der Waals surface area contributed by atoms with Crippen molar-refractivity contribution in [3.63, 3.8) is 0 Å². The Morgan fingerprint density at radius 1 is 1.29 bits per heavy atom. The number of halogens is 1. The summed E-state index contributed by atoms with van der Waals surface area (Å²) in [6, 6.07) is 4.66. The summed E-state index contributed by atoms with van der Waals surface area (Å²) in [5.41, 5.74) is 0.962. The summed E-state index contributed by atoms with van der Waals surface area (Å²) in [6.45, 7) is 7.20. The molecule has 1 aliphatic heterocycles. The molecule has 1 fully saturated rings. The Hall–Kier alpha value is -2.28. The average Bonchev–Trinajstić information content (AvgIpc) is 3.05. The maximum absolute atomic E-state index is 13.6. The minimum absolute atomic E-state index is 0.110. The van der Waals surface area contributed by atoms with E-state index in [2.05, 4.69) is 20.1 Å². The van der Waals surface area contributed by atoms with Crippen molar-refractivity contribution in [3.05, 3.63) is 46.8 Å². The summed E-state index contributed by atoms with van der Waals surface area (Å²) < 4.78 is 13.6. The van der Waals surface area contributed by atoms with Crippen molar-refractivity contribution >= 4 is 5.91 Å². The maximum Gasteiger partial charge on any atom is 0.254 e. The number of aryl methyl sites for hydroxylation is 2. The molecule has 0 aliphatic carbocycles. The predicted octanol–water partition coefficient (Wildman–Crippen LogP) is 1.77. The fourth-order valence-corrected chi connectivity index (χ4v) is 2.79. The van der Waals surface area contributed by atoms with Crippen LogP contribution in [-0.4, -0.2) is 57.1 Å². The monoisotopic (exact) mass is 331 g/mol. The van der Waals surface area contributed by atoms with Crippen LogP contribution in [0, 0.1) is 12.7 Å². The number of piperazine rings is 1. The number of hydrogen-bond acceptors (Lipinski definition) is 4. The lowest BCUT2D eigenvalue weighted by Gasteiger charge is -2.34. The van der Waals surface area contributed by atoms with Gasteiger partial charge in [-0.3, -0.25) is 14.8 Å². The predicted molar refractivity (Wildman–Crippen MR) is 88.1 cm³/mol. The number of hydrogen-bond donors (Lipinski definition) is 1. The summed E-state index contributed by atoms with van der Waals surface area (Å²) >= 11 is 0. The molecule has 1 aromatic heterocycles.